The Morgan fingerprint density at radius 2 is 2.50 bits per heavy atom. The fourth-order valence-corrected chi connectivity index (χ4v) is 1.82. The van der Waals surface area contributed by atoms with Crippen molar-refractivity contribution in [1.82, 2.24) is 10.3 Å². The minimum atomic E-state index is -0.00246. The third-order valence-electron chi connectivity index (χ3n) is 1.62. The van der Waals surface area contributed by atoms with E-state index in [0.717, 1.165) is 17.1 Å². The van der Waals surface area contributed by atoms with Gasteiger partial charge in [-0.1, -0.05) is 0 Å². The Kier molecular flexibility index (Phi) is 4.55. The first kappa shape index (κ1) is 11.1. The Balaban J connectivity index is 2.32. The van der Waals surface area contributed by atoms with E-state index in [1.807, 2.05) is 5.38 Å². The van der Waals surface area contributed by atoms with E-state index in [0.29, 0.717) is 13.2 Å². The number of nitrogens with zero attached hydrogens (tertiary/aromatic N) is 1. The molecule has 14 heavy (non-hydrogen) atoms. The zero-order valence-corrected chi connectivity index (χ0v) is 9.19. The van der Waals surface area contributed by atoms with E-state index in [1.54, 1.807) is 18.4 Å². The number of hydrogen-bond donors (Lipinski definition) is 1. The zero-order valence-electron chi connectivity index (χ0n) is 8.37. The van der Waals surface area contributed by atoms with E-state index in [2.05, 4.69) is 10.3 Å². The maximum absolute atomic E-state index is 10.6. The lowest BCUT2D eigenvalue weighted by atomic mass is 10.3. The van der Waals surface area contributed by atoms with E-state index in [9.17, 15) is 4.79 Å². The van der Waals surface area contributed by atoms with Gasteiger partial charge in [0.1, 0.15) is 5.01 Å². The molecule has 1 rings (SSSR count). The summed E-state index contributed by atoms with van der Waals surface area (Å²) in [6.07, 6.45) is 0.778. The Bertz CT molecular complexity index is 299. The standard InChI is InChI=1S/C9H14N2O2S/c1-7(12)10-4-3-8-6-14-9(11-8)5-13-2/h6H,3-5H2,1-2H3,(H,10,12). The van der Waals surface area contributed by atoms with Gasteiger partial charge in [0.15, 0.2) is 0 Å². The number of rotatable bonds is 5. The molecule has 0 unspecified atom stereocenters. The molecule has 0 atom stereocenters. The van der Waals surface area contributed by atoms with Crippen LogP contribution in [0.25, 0.3) is 0 Å². The number of thiazole rings is 1. The number of methoxy groups -OCH3 is 1. The molecular formula is C9H14N2O2S. The number of hydrogen-bond acceptors (Lipinski definition) is 4. The van der Waals surface area contributed by atoms with Gasteiger partial charge < -0.3 is 10.1 Å². The van der Waals surface area contributed by atoms with Crippen molar-refractivity contribution in [3.05, 3.63) is 16.1 Å². The molecule has 1 amide bonds. The molecule has 0 radical (unpaired) electrons. The average molecular weight is 214 g/mol. The smallest absolute Gasteiger partial charge is 0.216 e. The fraction of sp³-hybridized carbons (Fsp3) is 0.556. The molecule has 4 nitrogen and oxygen atoms in total. The van der Waals surface area contributed by atoms with E-state index in [-0.39, 0.29) is 5.91 Å². The number of carbonyl (C=O) groups is 1. The summed E-state index contributed by atoms with van der Waals surface area (Å²) in [5, 5.41) is 5.70. The summed E-state index contributed by atoms with van der Waals surface area (Å²) in [7, 11) is 1.65. The number of ether oxygens (including phenoxy) is 1. The molecule has 0 aliphatic carbocycles. The molecule has 5 heteroatoms. The Morgan fingerprint density at radius 1 is 1.71 bits per heavy atom. The van der Waals surface area contributed by atoms with Crippen molar-refractivity contribution >= 4 is 17.2 Å². The van der Waals surface area contributed by atoms with Gasteiger partial charge in [-0.2, -0.15) is 0 Å². The van der Waals surface area contributed by atoms with Gasteiger partial charge in [0.25, 0.3) is 0 Å². The van der Waals surface area contributed by atoms with Crippen LogP contribution in [0, 0.1) is 0 Å². The van der Waals surface area contributed by atoms with Gasteiger partial charge in [0.2, 0.25) is 5.91 Å². The van der Waals surface area contributed by atoms with Crippen LogP contribution >= 0.6 is 11.3 Å². The quantitative estimate of drug-likeness (QED) is 0.794. The van der Waals surface area contributed by atoms with Gasteiger partial charge in [-0.25, -0.2) is 4.98 Å². The van der Waals surface area contributed by atoms with Gasteiger partial charge in [-0.05, 0) is 0 Å². The molecule has 1 heterocycles. The Morgan fingerprint density at radius 3 is 3.14 bits per heavy atom. The highest BCUT2D eigenvalue weighted by Gasteiger charge is 2.01. The number of amides is 1. The van der Waals surface area contributed by atoms with Gasteiger partial charge in [-0.15, -0.1) is 11.3 Å². The van der Waals surface area contributed by atoms with Crippen molar-refractivity contribution in [2.45, 2.75) is 20.0 Å². The molecule has 0 spiro atoms. The van der Waals surface area contributed by atoms with Crippen molar-refractivity contribution in [3.63, 3.8) is 0 Å². The number of carbonyl (C=O) groups excluding carboxylic acids is 1. The fourth-order valence-electron chi connectivity index (χ4n) is 1.02. The van der Waals surface area contributed by atoms with Crippen LogP contribution in [-0.2, 0) is 22.6 Å². The summed E-state index contributed by atoms with van der Waals surface area (Å²) in [5.41, 5.74) is 1.01. The molecule has 78 valence electrons. The molecular weight excluding hydrogens is 200 g/mol. The highest BCUT2D eigenvalue weighted by atomic mass is 32.1. The van der Waals surface area contributed by atoms with E-state index in [1.165, 1.54) is 6.92 Å². The Labute approximate surface area is 87.3 Å². The normalized spacial score (nSPS) is 10.1. The lowest BCUT2D eigenvalue weighted by Crippen LogP contribution is -2.22. The Hall–Kier alpha value is -0.940. The van der Waals surface area contributed by atoms with Crippen LogP contribution < -0.4 is 5.32 Å². The van der Waals surface area contributed by atoms with Crippen LogP contribution in [0.1, 0.15) is 17.6 Å². The first-order valence-corrected chi connectivity index (χ1v) is 5.27. The lowest BCUT2D eigenvalue weighted by Gasteiger charge is -1.98. The molecule has 0 bridgehead atoms. The molecule has 0 saturated heterocycles. The predicted molar refractivity (Wildman–Crippen MR) is 55.2 cm³/mol. The maximum Gasteiger partial charge on any atom is 0.216 e. The second-order valence-electron chi connectivity index (χ2n) is 2.90. The molecule has 0 saturated carbocycles. The maximum atomic E-state index is 10.6. The van der Waals surface area contributed by atoms with Crippen LogP contribution in [0.3, 0.4) is 0 Å². The summed E-state index contributed by atoms with van der Waals surface area (Å²) in [4.78, 5) is 14.9. The summed E-state index contributed by atoms with van der Waals surface area (Å²) in [6, 6.07) is 0. The molecule has 1 aromatic heterocycles. The third-order valence-corrected chi connectivity index (χ3v) is 2.49. The van der Waals surface area contributed by atoms with E-state index in [4.69, 9.17) is 4.74 Å². The highest BCUT2D eigenvalue weighted by Crippen LogP contribution is 2.10. The molecule has 0 aliphatic heterocycles. The molecule has 1 N–H and O–H groups in total. The summed E-state index contributed by atoms with van der Waals surface area (Å²) in [5.74, 6) is -0.00246. The van der Waals surface area contributed by atoms with Crippen LogP contribution in [0.4, 0.5) is 0 Å². The SMILES string of the molecule is COCc1nc(CCNC(C)=O)cs1. The molecule has 0 aliphatic rings. The van der Waals surface area contributed by atoms with E-state index >= 15 is 0 Å². The van der Waals surface area contributed by atoms with Crippen LogP contribution in [0.5, 0.6) is 0 Å². The van der Waals surface area contributed by atoms with Gasteiger partial charge in [-0.3, -0.25) is 4.79 Å². The number of nitrogens with one attached hydrogen (secondary N) is 1. The van der Waals surface area contributed by atoms with Crippen LogP contribution in [-0.4, -0.2) is 24.5 Å². The first-order valence-electron chi connectivity index (χ1n) is 4.39. The summed E-state index contributed by atoms with van der Waals surface area (Å²) >= 11 is 1.58. The minimum Gasteiger partial charge on any atom is -0.378 e. The van der Waals surface area contributed by atoms with Crippen molar-refractivity contribution in [2.75, 3.05) is 13.7 Å². The van der Waals surface area contributed by atoms with Crippen LogP contribution in [0.2, 0.25) is 0 Å². The van der Waals surface area contributed by atoms with Crippen molar-refractivity contribution in [1.29, 1.82) is 0 Å². The highest BCUT2D eigenvalue weighted by molar-refractivity contribution is 7.09. The summed E-state index contributed by atoms with van der Waals surface area (Å²) in [6.45, 7) is 2.72. The topological polar surface area (TPSA) is 51.2 Å². The van der Waals surface area contributed by atoms with Crippen molar-refractivity contribution in [3.8, 4) is 0 Å². The van der Waals surface area contributed by atoms with Crippen molar-refractivity contribution in [2.24, 2.45) is 0 Å². The number of aromatic nitrogens is 1. The molecule has 1 aromatic rings. The molecule has 0 aromatic carbocycles. The first-order chi connectivity index (χ1) is 6.72. The van der Waals surface area contributed by atoms with E-state index < -0.39 is 0 Å². The second-order valence-corrected chi connectivity index (χ2v) is 3.84. The van der Waals surface area contributed by atoms with Crippen LogP contribution in [0.15, 0.2) is 5.38 Å². The van der Waals surface area contributed by atoms with Gasteiger partial charge >= 0.3 is 0 Å². The second kappa shape index (κ2) is 5.72. The monoisotopic (exact) mass is 214 g/mol. The third kappa shape index (κ3) is 3.85. The largest absolute Gasteiger partial charge is 0.378 e. The van der Waals surface area contributed by atoms with Gasteiger partial charge in [0, 0.05) is 32.4 Å². The minimum absolute atomic E-state index is 0.00246. The zero-order chi connectivity index (χ0) is 10.4. The van der Waals surface area contributed by atoms with Crippen molar-refractivity contribution < 1.29 is 9.53 Å². The lowest BCUT2D eigenvalue weighted by molar-refractivity contribution is -0.118. The average Bonchev–Trinajstić information content (AvgIpc) is 2.53. The summed E-state index contributed by atoms with van der Waals surface area (Å²) < 4.78 is 4.96. The van der Waals surface area contributed by atoms with Gasteiger partial charge in [0.05, 0.1) is 12.3 Å². The molecule has 0 fully saturated rings. The predicted octanol–water partition coefficient (Wildman–Crippen LogP) is 0.968.